The maximum atomic E-state index is 13.5. The van der Waals surface area contributed by atoms with Crippen LogP contribution in [0.4, 0.5) is 13.2 Å². The van der Waals surface area contributed by atoms with Crippen molar-refractivity contribution in [2.45, 2.75) is 76.7 Å². The maximum Gasteiger partial charge on any atom is 0.416 e. The lowest BCUT2D eigenvalue weighted by molar-refractivity contribution is -0.137. The fourth-order valence-electron chi connectivity index (χ4n) is 5.10. The standard InChI is InChI=1S/C27H37F3N4O3/c1-26(2,3)23-15-24(34(33(23)5)16-20-9-7-13-36-20)31-25(35)21-14-18(27(28,29)30)10-11-22(21)37-17-19-8-6-12-32(19)4/h10-11,14-15,19-20H,6-9,12-13,16-17H2,1-5H3/t19-,20+/m0/s1. The summed E-state index contributed by atoms with van der Waals surface area (Å²) in [7, 11) is 3.89. The number of amides is 1. The van der Waals surface area contributed by atoms with Crippen LogP contribution in [0, 0.1) is 0 Å². The third-order valence-corrected chi connectivity index (χ3v) is 7.27. The molecule has 7 nitrogen and oxygen atoms in total. The van der Waals surface area contributed by atoms with Crippen molar-refractivity contribution < 1.29 is 27.4 Å². The predicted octanol–water partition coefficient (Wildman–Crippen LogP) is 4.54. The molecule has 0 unspecified atom stereocenters. The Hall–Kier alpha value is -2.59. The second-order valence-electron chi connectivity index (χ2n) is 11.1. The van der Waals surface area contributed by atoms with Gasteiger partial charge >= 0.3 is 6.18 Å². The average Bonchev–Trinajstić information content (AvgIpc) is 3.54. The summed E-state index contributed by atoms with van der Waals surface area (Å²) in [5.74, 6) is -0.660. The van der Waals surface area contributed by atoms with Crippen molar-refractivity contribution in [3.63, 3.8) is 0 Å². The molecule has 1 amide bonds. The van der Waals surface area contributed by atoms with E-state index in [4.69, 9.17) is 9.47 Å². The van der Waals surface area contributed by atoms with Crippen LogP contribution in [0.3, 0.4) is 0 Å². The highest BCUT2D eigenvalue weighted by Crippen LogP contribution is 2.33. The van der Waals surface area contributed by atoms with Crippen LogP contribution in [0.1, 0.15) is 68.1 Å². The summed E-state index contributed by atoms with van der Waals surface area (Å²) in [6, 6.07) is 5.00. The van der Waals surface area contributed by atoms with E-state index in [1.165, 1.54) is 6.07 Å². The second-order valence-corrected chi connectivity index (χ2v) is 11.1. The normalized spacial score (nSPS) is 21.7. The van der Waals surface area contributed by atoms with E-state index < -0.39 is 17.6 Å². The van der Waals surface area contributed by atoms with Gasteiger partial charge in [-0.05, 0) is 57.5 Å². The van der Waals surface area contributed by atoms with E-state index in [2.05, 4.69) is 30.7 Å². The summed E-state index contributed by atoms with van der Waals surface area (Å²) in [6.07, 6.45) is -0.760. The first kappa shape index (κ1) is 27.4. The van der Waals surface area contributed by atoms with Crippen LogP contribution in [-0.4, -0.2) is 59.1 Å². The number of likely N-dealkylation sites (tertiary alicyclic amines) is 1. The van der Waals surface area contributed by atoms with Gasteiger partial charge in [0.1, 0.15) is 12.4 Å². The Bertz CT molecular complexity index is 1190. The van der Waals surface area contributed by atoms with Crippen LogP contribution >= 0.6 is 0 Å². The van der Waals surface area contributed by atoms with Crippen molar-refractivity contribution >= 4 is 5.91 Å². The van der Waals surface area contributed by atoms with Crippen molar-refractivity contribution in [3.05, 3.63) is 46.6 Å². The molecule has 1 aromatic heterocycles. The molecule has 0 radical (unpaired) electrons. The highest BCUT2D eigenvalue weighted by Gasteiger charge is 2.33. The summed E-state index contributed by atoms with van der Waals surface area (Å²) < 4.78 is 56.2. The zero-order valence-electron chi connectivity index (χ0n) is 22.3. The van der Waals surface area contributed by atoms with Crippen molar-refractivity contribution in [2.75, 3.05) is 26.8 Å². The molecule has 0 aliphatic carbocycles. The summed E-state index contributed by atoms with van der Waals surface area (Å²) in [5, 5.41) is 0. The Kier molecular flexibility index (Phi) is 7.90. The van der Waals surface area contributed by atoms with Gasteiger partial charge in [-0.3, -0.25) is 14.2 Å². The van der Waals surface area contributed by atoms with E-state index in [0.717, 1.165) is 50.1 Å². The molecule has 1 aromatic carbocycles. The van der Waals surface area contributed by atoms with Gasteiger partial charge in [0.15, 0.2) is 5.49 Å². The van der Waals surface area contributed by atoms with Gasteiger partial charge in [0.2, 0.25) is 0 Å². The molecular formula is C27H37F3N4O3. The molecule has 2 saturated heterocycles. The third kappa shape index (κ3) is 6.29. The van der Waals surface area contributed by atoms with Crippen LogP contribution in [0.2, 0.25) is 0 Å². The van der Waals surface area contributed by atoms with Crippen LogP contribution in [-0.2, 0) is 29.9 Å². The molecule has 2 aromatic rings. The van der Waals surface area contributed by atoms with E-state index >= 15 is 0 Å². The molecule has 3 heterocycles. The first-order valence-corrected chi connectivity index (χ1v) is 12.9. The molecule has 2 atom stereocenters. The Morgan fingerprint density at radius 3 is 2.49 bits per heavy atom. The Labute approximate surface area is 215 Å². The molecule has 10 heteroatoms. The molecule has 0 saturated carbocycles. The van der Waals surface area contributed by atoms with Crippen LogP contribution in [0.15, 0.2) is 29.3 Å². The van der Waals surface area contributed by atoms with E-state index in [-0.39, 0.29) is 28.9 Å². The molecule has 0 bridgehead atoms. The van der Waals surface area contributed by atoms with Crippen LogP contribution in [0.25, 0.3) is 0 Å². The SMILES string of the molecule is CN1CCC[C@H]1COc1ccc(C(F)(F)F)cc1C(=O)N=c1cc(C(C)(C)C)n(C)n1C[C@H]1CCCO1. The third-order valence-electron chi connectivity index (χ3n) is 7.27. The second kappa shape index (κ2) is 10.6. The number of likely N-dealkylation sites (N-methyl/N-ethyl adjacent to an activating group) is 1. The van der Waals surface area contributed by atoms with E-state index in [1.807, 2.05) is 29.5 Å². The molecule has 2 aliphatic rings. The monoisotopic (exact) mass is 522 g/mol. The number of halogens is 3. The topological polar surface area (TPSA) is 61.0 Å². The molecule has 204 valence electrons. The van der Waals surface area contributed by atoms with E-state index in [1.54, 1.807) is 0 Å². The summed E-state index contributed by atoms with van der Waals surface area (Å²) in [4.78, 5) is 19.9. The van der Waals surface area contributed by atoms with Gasteiger partial charge in [-0.15, -0.1) is 0 Å². The minimum atomic E-state index is -4.59. The van der Waals surface area contributed by atoms with Gasteiger partial charge in [0.25, 0.3) is 5.91 Å². The van der Waals surface area contributed by atoms with Gasteiger partial charge in [0.05, 0.1) is 23.8 Å². The number of carbonyl (C=O) groups excluding carboxylic acids is 1. The van der Waals surface area contributed by atoms with Crippen LogP contribution < -0.4 is 10.2 Å². The largest absolute Gasteiger partial charge is 0.491 e. The first-order chi connectivity index (χ1) is 17.3. The maximum absolute atomic E-state index is 13.5. The van der Waals surface area contributed by atoms with Gasteiger partial charge < -0.3 is 14.4 Å². The van der Waals surface area contributed by atoms with Crippen molar-refractivity contribution in [2.24, 2.45) is 12.0 Å². The molecule has 37 heavy (non-hydrogen) atoms. The Morgan fingerprint density at radius 1 is 1.14 bits per heavy atom. The zero-order chi connectivity index (χ0) is 27.0. The first-order valence-electron chi connectivity index (χ1n) is 12.9. The molecule has 4 rings (SSSR count). The number of nitrogens with zero attached hydrogens (tertiary/aromatic N) is 4. The quantitative estimate of drug-likeness (QED) is 0.559. The number of rotatable bonds is 6. The fourth-order valence-corrected chi connectivity index (χ4v) is 5.10. The number of aromatic nitrogens is 2. The smallest absolute Gasteiger partial charge is 0.416 e. The number of ether oxygens (including phenoxy) is 2. The Balaban J connectivity index is 1.73. The summed E-state index contributed by atoms with van der Waals surface area (Å²) in [6.45, 7) is 8.60. The van der Waals surface area contributed by atoms with Crippen molar-refractivity contribution in [3.8, 4) is 5.75 Å². The number of benzene rings is 1. The lowest BCUT2D eigenvalue weighted by Gasteiger charge is -2.21. The van der Waals surface area contributed by atoms with Crippen molar-refractivity contribution in [1.82, 2.24) is 14.3 Å². The molecule has 2 fully saturated rings. The number of alkyl halides is 3. The minimum absolute atomic E-state index is 0.00803. The lowest BCUT2D eigenvalue weighted by atomic mass is 9.92. The highest BCUT2D eigenvalue weighted by molar-refractivity contribution is 5.97. The van der Waals surface area contributed by atoms with Crippen molar-refractivity contribution in [1.29, 1.82) is 0 Å². The van der Waals surface area contributed by atoms with Gasteiger partial charge in [-0.1, -0.05) is 20.8 Å². The van der Waals surface area contributed by atoms with Gasteiger partial charge in [0, 0.05) is 36.9 Å². The fraction of sp³-hybridized carbons (Fsp3) is 0.630. The molecule has 0 N–H and O–H groups in total. The minimum Gasteiger partial charge on any atom is -0.491 e. The summed E-state index contributed by atoms with van der Waals surface area (Å²) in [5.41, 5.74) is -0.0113. The predicted molar refractivity (Wildman–Crippen MR) is 134 cm³/mol. The Morgan fingerprint density at radius 2 is 1.89 bits per heavy atom. The molecular weight excluding hydrogens is 485 g/mol. The number of carbonyl (C=O) groups is 1. The van der Waals surface area contributed by atoms with Gasteiger partial charge in [-0.25, -0.2) is 0 Å². The number of hydrogen-bond acceptors (Lipinski definition) is 4. The average molecular weight is 523 g/mol. The van der Waals surface area contributed by atoms with E-state index in [0.29, 0.717) is 25.2 Å². The summed E-state index contributed by atoms with van der Waals surface area (Å²) >= 11 is 0. The van der Waals surface area contributed by atoms with Crippen LogP contribution in [0.5, 0.6) is 5.75 Å². The van der Waals surface area contributed by atoms with E-state index in [9.17, 15) is 18.0 Å². The lowest BCUT2D eigenvalue weighted by Crippen LogP contribution is -2.31. The molecule has 0 spiro atoms. The van der Waals surface area contributed by atoms with Gasteiger partial charge in [-0.2, -0.15) is 18.2 Å². The number of hydrogen-bond donors (Lipinski definition) is 0. The molecule has 2 aliphatic heterocycles. The highest BCUT2D eigenvalue weighted by atomic mass is 19.4. The zero-order valence-corrected chi connectivity index (χ0v) is 22.3.